The zero-order chi connectivity index (χ0) is 12.5. The summed E-state index contributed by atoms with van der Waals surface area (Å²) < 4.78 is 0. The predicted octanol–water partition coefficient (Wildman–Crippen LogP) is 2.46. The molecular weight excluding hydrogens is 220 g/mol. The molecule has 0 radical (unpaired) electrons. The van der Waals surface area contributed by atoms with Gasteiger partial charge in [0, 0.05) is 25.7 Å². The van der Waals surface area contributed by atoms with Crippen molar-refractivity contribution in [1.29, 1.82) is 0 Å². The molecule has 0 N–H and O–H groups in total. The second-order valence-corrected chi connectivity index (χ2v) is 6.23. The topological polar surface area (TPSA) is 6.48 Å². The van der Waals surface area contributed by atoms with Crippen molar-refractivity contribution in [1.82, 2.24) is 9.80 Å². The molecule has 1 heterocycles. The third-order valence-electron chi connectivity index (χ3n) is 4.70. The minimum absolute atomic E-state index is 0.831. The number of rotatable bonds is 3. The maximum Gasteiger partial charge on any atom is 0.0233 e. The molecule has 0 amide bonds. The Kier molecular flexibility index (Phi) is 3.40. The number of benzene rings is 1. The molecule has 0 aromatic heterocycles. The van der Waals surface area contributed by atoms with Crippen molar-refractivity contribution in [3.05, 3.63) is 35.9 Å². The summed E-state index contributed by atoms with van der Waals surface area (Å²) in [5, 5.41) is 0. The molecule has 2 fully saturated rings. The van der Waals surface area contributed by atoms with Gasteiger partial charge in [-0.05, 0) is 44.3 Å². The van der Waals surface area contributed by atoms with Crippen molar-refractivity contribution in [2.75, 3.05) is 27.2 Å². The zero-order valence-electron chi connectivity index (χ0n) is 11.5. The highest BCUT2D eigenvalue weighted by molar-refractivity contribution is 5.15. The first-order valence-corrected chi connectivity index (χ1v) is 7.17. The Morgan fingerprint density at radius 2 is 1.67 bits per heavy atom. The molecule has 2 atom stereocenters. The fourth-order valence-electron chi connectivity index (χ4n) is 4.10. The number of hydrogen-bond acceptors (Lipinski definition) is 2. The monoisotopic (exact) mass is 244 g/mol. The van der Waals surface area contributed by atoms with E-state index in [9.17, 15) is 0 Å². The molecule has 2 nitrogen and oxygen atoms in total. The summed E-state index contributed by atoms with van der Waals surface area (Å²) in [6.07, 6.45) is 2.86. The van der Waals surface area contributed by atoms with E-state index in [0.29, 0.717) is 0 Å². The van der Waals surface area contributed by atoms with Crippen LogP contribution in [0.3, 0.4) is 0 Å². The van der Waals surface area contributed by atoms with Crippen molar-refractivity contribution in [2.24, 2.45) is 11.8 Å². The summed E-state index contributed by atoms with van der Waals surface area (Å²) in [5.74, 6) is 1.78. The Bertz CT molecular complexity index is 373. The van der Waals surface area contributed by atoms with Crippen LogP contribution in [0.2, 0.25) is 0 Å². The minimum Gasteiger partial charge on any atom is -0.306 e. The van der Waals surface area contributed by atoms with Crippen molar-refractivity contribution in [3.63, 3.8) is 0 Å². The van der Waals surface area contributed by atoms with Crippen molar-refractivity contribution < 1.29 is 0 Å². The Morgan fingerprint density at radius 1 is 1.06 bits per heavy atom. The van der Waals surface area contributed by atoms with Crippen molar-refractivity contribution >= 4 is 0 Å². The molecule has 3 rings (SSSR count). The Labute approximate surface area is 111 Å². The van der Waals surface area contributed by atoms with Gasteiger partial charge in [-0.2, -0.15) is 0 Å². The quantitative estimate of drug-likeness (QED) is 0.806. The van der Waals surface area contributed by atoms with E-state index in [0.717, 1.165) is 24.4 Å². The highest BCUT2D eigenvalue weighted by atomic mass is 15.2. The minimum atomic E-state index is 0.831. The van der Waals surface area contributed by atoms with E-state index >= 15 is 0 Å². The average molecular weight is 244 g/mol. The summed E-state index contributed by atoms with van der Waals surface area (Å²) in [6.45, 7) is 3.70. The molecule has 2 aliphatic rings. The van der Waals surface area contributed by atoms with Gasteiger partial charge in [0.2, 0.25) is 0 Å². The van der Waals surface area contributed by atoms with Crippen LogP contribution >= 0.6 is 0 Å². The van der Waals surface area contributed by atoms with Crippen LogP contribution in [0.25, 0.3) is 0 Å². The van der Waals surface area contributed by atoms with Gasteiger partial charge < -0.3 is 4.90 Å². The van der Waals surface area contributed by atoms with E-state index in [-0.39, 0.29) is 0 Å². The number of likely N-dealkylation sites (tertiary alicyclic amines) is 1. The maximum absolute atomic E-state index is 2.66. The zero-order valence-corrected chi connectivity index (χ0v) is 11.5. The number of nitrogens with zero attached hydrogens (tertiary/aromatic N) is 2. The molecule has 1 saturated carbocycles. The summed E-state index contributed by atoms with van der Waals surface area (Å²) in [6, 6.07) is 11.7. The number of hydrogen-bond donors (Lipinski definition) is 0. The van der Waals surface area contributed by atoms with Gasteiger partial charge in [0.1, 0.15) is 0 Å². The van der Waals surface area contributed by atoms with Gasteiger partial charge in [0.15, 0.2) is 0 Å². The van der Waals surface area contributed by atoms with E-state index in [2.05, 4.69) is 54.2 Å². The molecule has 1 saturated heterocycles. The SMILES string of the molecule is CN(C)C1[C@H]2CC[C@H]1CN(Cc1ccccc1)C2. The van der Waals surface area contributed by atoms with E-state index in [1.807, 2.05) is 0 Å². The molecule has 0 spiro atoms. The van der Waals surface area contributed by atoms with Crippen LogP contribution in [0.5, 0.6) is 0 Å². The fraction of sp³-hybridized carbons (Fsp3) is 0.625. The van der Waals surface area contributed by atoms with Crippen LogP contribution in [0.15, 0.2) is 30.3 Å². The second kappa shape index (κ2) is 5.02. The van der Waals surface area contributed by atoms with E-state index in [1.165, 1.54) is 31.5 Å². The lowest BCUT2D eigenvalue weighted by Gasteiger charge is -2.41. The van der Waals surface area contributed by atoms with Crippen LogP contribution < -0.4 is 0 Å². The average Bonchev–Trinajstić information content (AvgIpc) is 2.63. The summed E-state index contributed by atoms with van der Waals surface area (Å²) in [5.41, 5.74) is 1.46. The maximum atomic E-state index is 2.66. The highest BCUT2D eigenvalue weighted by Crippen LogP contribution is 2.39. The standard InChI is InChI=1S/C16H24N2/c1-17(2)16-14-8-9-15(16)12-18(11-14)10-13-6-4-3-5-7-13/h3-7,14-16H,8-12H2,1-2H3/t14-,15-/m0/s1. The van der Waals surface area contributed by atoms with E-state index in [4.69, 9.17) is 0 Å². The van der Waals surface area contributed by atoms with Gasteiger partial charge in [-0.1, -0.05) is 30.3 Å². The van der Waals surface area contributed by atoms with Gasteiger partial charge in [-0.3, -0.25) is 4.90 Å². The second-order valence-electron chi connectivity index (χ2n) is 6.23. The lowest BCUT2D eigenvalue weighted by atomic mass is 9.91. The normalized spacial score (nSPS) is 32.1. The molecule has 1 aliphatic carbocycles. The summed E-state index contributed by atoms with van der Waals surface area (Å²) >= 11 is 0. The summed E-state index contributed by atoms with van der Waals surface area (Å²) in [4.78, 5) is 5.12. The Hall–Kier alpha value is -0.860. The van der Waals surface area contributed by atoms with E-state index < -0.39 is 0 Å². The van der Waals surface area contributed by atoms with Gasteiger partial charge in [0.05, 0.1) is 0 Å². The smallest absolute Gasteiger partial charge is 0.0233 e. The predicted molar refractivity (Wildman–Crippen MR) is 75.4 cm³/mol. The van der Waals surface area contributed by atoms with E-state index in [1.54, 1.807) is 0 Å². The van der Waals surface area contributed by atoms with Crippen LogP contribution in [0, 0.1) is 11.8 Å². The molecular formula is C16H24N2. The lowest BCUT2D eigenvalue weighted by molar-refractivity contribution is 0.0714. The van der Waals surface area contributed by atoms with Crippen molar-refractivity contribution in [2.45, 2.75) is 25.4 Å². The highest BCUT2D eigenvalue weighted by Gasteiger charge is 2.42. The number of piperidine rings is 1. The molecule has 0 unspecified atom stereocenters. The Morgan fingerprint density at radius 3 is 2.22 bits per heavy atom. The first-order valence-electron chi connectivity index (χ1n) is 7.17. The first-order chi connectivity index (χ1) is 8.74. The number of fused-ring (bicyclic) bond motifs is 2. The molecule has 1 aliphatic heterocycles. The van der Waals surface area contributed by atoms with Gasteiger partial charge in [-0.15, -0.1) is 0 Å². The molecule has 1 aromatic rings. The third kappa shape index (κ3) is 2.32. The van der Waals surface area contributed by atoms with Gasteiger partial charge >= 0.3 is 0 Å². The van der Waals surface area contributed by atoms with Crippen molar-refractivity contribution in [3.8, 4) is 0 Å². The lowest BCUT2D eigenvalue weighted by Crippen LogP contribution is -2.50. The third-order valence-corrected chi connectivity index (χ3v) is 4.70. The molecule has 2 bridgehead atoms. The van der Waals surface area contributed by atoms with Crippen LogP contribution in [0.1, 0.15) is 18.4 Å². The first kappa shape index (κ1) is 12.2. The molecule has 2 heteroatoms. The fourth-order valence-corrected chi connectivity index (χ4v) is 4.10. The largest absolute Gasteiger partial charge is 0.306 e. The summed E-state index contributed by atoms with van der Waals surface area (Å²) in [7, 11) is 4.51. The molecule has 1 aromatic carbocycles. The van der Waals surface area contributed by atoms with Crippen LogP contribution in [-0.4, -0.2) is 43.0 Å². The molecule has 98 valence electrons. The van der Waals surface area contributed by atoms with Gasteiger partial charge in [-0.25, -0.2) is 0 Å². The van der Waals surface area contributed by atoms with Crippen LogP contribution in [-0.2, 0) is 6.54 Å². The van der Waals surface area contributed by atoms with Gasteiger partial charge in [0.25, 0.3) is 0 Å². The molecule has 18 heavy (non-hydrogen) atoms. The van der Waals surface area contributed by atoms with Crippen LogP contribution in [0.4, 0.5) is 0 Å². The Balaban J connectivity index is 1.65.